The number of aryl methyl sites for hydroxylation is 1. The largest absolute Gasteiger partial charge is 0.341 e. The lowest BCUT2D eigenvalue weighted by Crippen LogP contribution is -2.18. The molecule has 5 heteroatoms. The predicted molar refractivity (Wildman–Crippen MR) is 85.2 cm³/mol. The molecule has 108 valence electrons. The van der Waals surface area contributed by atoms with E-state index in [9.17, 15) is 0 Å². The van der Waals surface area contributed by atoms with E-state index in [2.05, 4.69) is 33.0 Å². The summed E-state index contributed by atoms with van der Waals surface area (Å²) < 4.78 is 0. The number of hydrogen-bond acceptors (Lipinski definition) is 3. The van der Waals surface area contributed by atoms with Crippen LogP contribution in [-0.4, -0.2) is 26.9 Å². The van der Waals surface area contributed by atoms with Crippen LogP contribution in [0.5, 0.6) is 0 Å². The Morgan fingerprint density at radius 3 is 2.90 bits per heavy atom. The molecule has 2 aromatic heterocycles. The van der Waals surface area contributed by atoms with Gasteiger partial charge in [-0.2, -0.15) is 0 Å². The molecule has 21 heavy (non-hydrogen) atoms. The van der Waals surface area contributed by atoms with Crippen LogP contribution in [0.25, 0.3) is 11.0 Å². The first-order valence-electron chi connectivity index (χ1n) is 6.85. The van der Waals surface area contributed by atoms with Crippen molar-refractivity contribution in [2.45, 2.75) is 20.0 Å². The number of halogens is 1. The van der Waals surface area contributed by atoms with E-state index >= 15 is 0 Å². The standard InChI is InChI=1S/C16H17ClN4/c1-11-12(4-3-7-18-11)9-21(2)10-16-19-14-6-5-13(17)8-15(14)20-16/h3-8H,9-10H2,1-2H3,(H,19,20). The molecule has 0 radical (unpaired) electrons. The van der Waals surface area contributed by atoms with Gasteiger partial charge < -0.3 is 4.98 Å². The third-order valence-electron chi connectivity index (χ3n) is 3.47. The third-order valence-corrected chi connectivity index (χ3v) is 3.70. The molecule has 0 spiro atoms. The molecule has 0 aliphatic carbocycles. The van der Waals surface area contributed by atoms with E-state index in [1.165, 1.54) is 5.56 Å². The number of benzene rings is 1. The van der Waals surface area contributed by atoms with Gasteiger partial charge in [0.25, 0.3) is 0 Å². The summed E-state index contributed by atoms with van der Waals surface area (Å²) in [6, 6.07) is 9.77. The third kappa shape index (κ3) is 3.23. The van der Waals surface area contributed by atoms with Crippen molar-refractivity contribution in [1.82, 2.24) is 19.9 Å². The molecule has 0 aliphatic heterocycles. The van der Waals surface area contributed by atoms with E-state index in [1.54, 1.807) is 0 Å². The lowest BCUT2D eigenvalue weighted by Gasteiger charge is -2.16. The molecule has 0 atom stereocenters. The van der Waals surface area contributed by atoms with Crippen molar-refractivity contribution in [3.05, 3.63) is 58.6 Å². The van der Waals surface area contributed by atoms with Crippen LogP contribution in [0.3, 0.4) is 0 Å². The Morgan fingerprint density at radius 2 is 2.10 bits per heavy atom. The Bertz CT molecular complexity index is 766. The van der Waals surface area contributed by atoms with Gasteiger partial charge in [-0.1, -0.05) is 17.7 Å². The average Bonchev–Trinajstić information content (AvgIpc) is 2.82. The van der Waals surface area contributed by atoms with E-state index in [0.29, 0.717) is 0 Å². The zero-order valence-corrected chi connectivity index (χ0v) is 12.9. The molecular formula is C16H17ClN4. The smallest absolute Gasteiger partial charge is 0.121 e. The average molecular weight is 301 g/mol. The molecule has 0 unspecified atom stereocenters. The number of aromatic nitrogens is 3. The summed E-state index contributed by atoms with van der Waals surface area (Å²) >= 11 is 5.99. The van der Waals surface area contributed by atoms with Gasteiger partial charge in [-0.15, -0.1) is 0 Å². The number of H-pyrrole nitrogens is 1. The molecule has 3 aromatic rings. The van der Waals surface area contributed by atoms with E-state index in [-0.39, 0.29) is 0 Å². The lowest BCUT2D eigenvalue weighted by atomic mass is 10.2. The zero-order valence-electron chi connectivity index (χ0n) is 12.1. The molecule has 0 fully saturated rings. The van der Waals surface area contributed by atoms with Gasteiger partial charge >= 0.3 is 0 Å². The van der Waals surface area contributed by atoms with Gasteiger partial charge in [-0.25, -0.2) is 4.98 Å². The molecule has 2 heterocycles. The number of aromatic amines is 1. The molecule has 0 aliphatic rings. The van der Waals surface area contributed by atoms with Crippen molar-refractivity contribution in [2.24, 2.45) is 0 Å². The molecule has 1 N–H and O–H groups in total. The maximum Gasteiger partial charge on any atom is 0.121 e. The highest BCUT2D eigenvalue weighted by molar-refractivity contribution is 6.31. The number of rotatable bonds is 4. The maximum atomic E-state index is 5.99. The van der Waals surface area contributed by atoms with Crippen molar-refractivity contribution < 1.29 is 0 Å². The van der Waals surface area contributed by atoms with Crippen LogP contribution in [0.2, 0.25) is 5.02 Å². The van der Waals surface area contributed by atoms with E-state index < -0.39 is 0 Å². The summed E-state index contributed by atoms with van der Waals surface area (Å²) in [6.45, 7) is 3.63. The molecular weight excluding hydrogens is 284 g/mol. The van der Waals surface area contributed by atoms with Gasteiger partial charge in [-0.05, 0) is 43.8 Å². The minimum absolute atomic E-state index is 0.719. The van der Waals surface area contributed by atoms with Crippen LogP contribution in [0, 0.1) is 6.92 Å². The lowest BCUT2D eigenvalue weighted by molar-refractivity contribution is 0.311. The normalized spacial score (nSPS) is 11.4. The fourth-order valence-electron chi connectivity index (χ4n) is 2.40. The molecule has 1 aromatic carbocycles. The Labute approximate surface area is 128 Å². The zero-order chi connectivity index (χ0) is 14.8. The van der Waals surface area contributed by atoms with Gasteiger partial charge in [0, 0.05) is 23.5 Å². The van der Waals surface area contributed by atoms with E-state index in [1.807, 2.05) is 37.4 Å². The van der Waals surface area contributed by atoms with Crippen LogP contribution in [-0.2, 0) is 13.1 Å². The SMILES string of the molecule is Cc1ncccc1CN(C)Cc1nc2ccc(Cl)cc2[nH]1. The van der Waals surface area contributed by atoms with E-state index in [4.69, 9.17) is 11.6 Å². The fraction of sp³-hybridized carbons (Fsp3) is 0.250. The summed E-state index contributed by atoms with van der Waals surface area (Å²) in [7, 11) is 2.08. The van der Waals surface area contributed by atoms with Crippen LogP contribution in [0.1, 0.15) is 17.1 Å². The highest BCUT2D eigenvalue weighted by Gasteiger charge is 2.08. The van der Waals surface area contributed by atoms with Gasteiger partial charge in [0.2, 0.25) is 0 Å². The Hall–Kier alpha value is -1.91. The molecule has 0 saturated heterocycles. The predicted octanol–water partition coefficient (Wildman–Crippen LogP) is 3.55. The second-order valence-corrected chi connectivity index (χ2v) is 5.70. The minimum atomic E-state index is 0.719. The molecule has 0 bridgehead atoms. The van der Waals surface area contributed by atoms with Crippen LogP contribution in [0.4, 0.5) is 0 Å². The molecule has 0 amide bonds. The highest BCUT2D eigenvalue weighted by Crippen LogP contribution is 2.18. The van der Waals surface area contributed by atoms with Gasteiger partial charge in [0.15, 0.2) is 0 Å². The molecule has 4 nitrogen and oxygen atoms in total. The fourth-order valence-corrected chi connectivity index (χ4v) is 2.57. The monoisotopic (exact) mass is 300 g/mol. The van der Waals surface area contributed by atoms with Crippen molar-refractivity contribution in [3.63, 3.8) is 0 Å². The molecule has 3 rings (SSSR count). The quantitative estimate of drug-likeness (QED) is 0.801. The topological polar surface area (TPSA) is 44.8 Å². The van der Waals surface area contributed by atoms with Gasteiger partial charge in [-0.3, -0.25) is 9.88 Å². The summed E-state index contributed by atoms with van der Waals surface area (Å²) in [5, 5.41) is 0.719. The second kappa shape index (κ2) is 5.84. The molecule has 0 saturated carbocycles. The van der Waals surface area contributed by atoms with Crippen molar-refractivity contribution in [3.8, 4) is 0 Å². The first-order chi connectivity index (χ1) is 10.1. The summed E-state index contributed by atoms with van der Waals surface area (Å²) in [6.07, 6.45) is 1.82. The number of nitrogens with one attached hydrogen (secondary N) is 1. The summed E-state index contributed by atoms with van der Waals surface area (Å²) in [4.78, 5) is 14.4. The summed E-state index contributed by atoms with van der Waals surface area (Å²) in [5.74, 6) is 0.941. The second-order valence-electron chi connectivity index (χ2n) is 5.27. The number of pyridine rings is 1. The van der Waals surface area contributed by atoms with Gasteiger partial charge in [0.1, 0.15) is 5.82 Å². The Morgan fingerprint density at radius 1 is 1.24 bits per heavy atom. The number of hydrogen-bond donors (Lipinski definition) is 1. The summed E-state index contributed by atoms with van der Waals surface area (Å²) in [5.41, 5.74) is 4.23. The van der Waals surface area contributed by atoms with Crippen molar-refractivity contribution in [1.29, 1.82) is 0 Å². The van der Waals surface area contributed by atoms with Crippen molar-refractivity contribution in [2.75, 3.05) is 7.05 Å². The number of nitrogens with zero attached hydrogens (tertiary/aromatic N) is 3. The van der Waals surface area contributed by atoms with Crippen LogP contribution >= 0.6 is 11.6 Å². The minimum Gasteiger partial charge on any atom is -0.341 e. The Balaban J connectivity index is 1.74. The van der Waals surface area contributed by atoms with Crippen molar-refractivity contribution >= 4 is 22.6 Å². The highest BCUT2D eigenvalue weighted by atomic mass is 35.5. The first-order valence-corrected chi connectivity index (χ1v) is 7.23. The number of fused-ring (bicyclic) bond motifs is 1. The van der Waals surface area contributed by atoms with Crippen LogP contribution < -0.4 is 0 Å². The van der Waals surface area contributed by atoms with E-state index in [0.717, 1.165) is 40.7 Å². The van der Waals surface area contributed by atoms with Gasteiger partial charge in [0.05, 0.1) is 17.6 Å². The first kappa shape index (κ1) is 14.0. The van der Waals surface area contributed by atoms with Crippen LogP contribution in [0.15, 0.2) is 36.5 Å². The number of imidazole rings is 1. The maximum absolute atomic E-state index is 5.99. The Kier molecular flexibility index (Phi) is 3.90.